The van der Waals surface area contributed by atoms with Gasteiger partial charge in [0.25, 0.3) is 0 Å². The molecule has 1 aliphatic rings. The molecule has 0 bridgehead atoms. The highest BCUT2D eigenvalue weighted by Crippen LogP contribution is 2.25. The van der Waals surface area contributed by atoms with Crippen molar-refractivity contribution in [2.45, 2.75) is 25.7 Å². The normalized spacial score (nSPS) is 16.6. The summed E-state index contributed by atoms with van der Waals surface area (Å²) in [6, 6.07) is 9.94. The number of ketones is 1. The third kappa shape index (κ3) is 5.72. The number of carbonyl (C=O) groups is 2. The molecule has 2 aromatic rings. The summed E-state index contributed by atoms with van der Waals surface area (Å²) in [6.07, 6.45) is 2.85. The Labute approximate surface area is 169 Å². The smallest absolute Gasteiger partial charge is 0.305 e. The molecule has 6 heteroatoms. The zero-order valence-electron chi connectivity index (χ0n) is 16.1. The molecule has 0 amide bonds. The lowest BCUT2D eigenvalue weighted by Gasteiger charge is -2.33. The number of benzene rings is 1. The maximum atomic E-state index is 13.1. The number of carbonyl (C=O) groups excluding carboxylic acids is 2. The molecule has 28 heavy (non-hydrogen) atoms. The number of esters is 1. The standard InChI is InChI=1S/C22H26FNO3S/c1-27-21(25)14-16(13-20-3-2-12-28-20)15-24-10-8-18(9-11-24)22(26)17-4-6-19(23)7-5-17/h2-7,12,16,18H,8-11,13-15H2,1H3. The number of thiophene rings is 1. The van der Waals surface area contributed by atoms with E-state index >= 15 is 0 Å². The predicted octanol–water partition coefficient (Wildman–Crippen LogP) is 4.20. The van der Waals surface area contributed by atoms with Crippen LogP contribution in [0.4, 0.5) is 4.39 Å². The third-order valence-corrected chi connectivity index (χ3v) is 6.26. The van der Waals surface area contributed by atoms with Crippen molar-refractivity contribution in [3.8, 4) is 0 Å². The molecule has 1 fully saturated rings. The molecule has 4 nitrogen and oxygen atoms in total. The number of piperidine rings is 1. The van der Waals surface area contributed by atoms with Crippen molar-refractivity contribution in [1.82, 2.24) is 4.90 Å². The van der Waals surface area contributed by atoms with Crippen molar-refractivity contribution in [3.05, 3.63) is 58.0 Å². The van der Waals surface area contributed by atoms with Gasteiger partial charge in [-0.2, -0.15) is 0 Å². The van der Waals surface area contributed by atoms with Gasteiger partial charge in [-0.05, 0) is 74.0 Å². The zero-order chi connectivity index (χ0) is 19.9. The fourth-order valence-electron chi connectivity index (χ4n) is 3.83. The first-order valence-electron chi connectivity index (χ1n) is 9.66. The van der Waals surface area contributed by atoms with Gasteiger partial charge in [0.2, 0.25) is 0 Å². The first kappa shape index (κ1) is 20.7. The molecule has 2 heterocycles. The van der Waals surface area contributed by atoms with Crippen molar-refractivity contribution in [1.29, 1.82) is 0 Å². The van der Waals surface area contributed by atoms with E-state index in [4.69, 9.17) is 4.74 Å². The van der Waals surface area contributed by atoms with E-state index in [9.17, 15) is 14.0 Å². The Morgan fingerprint density at radius 2 is 1.93 bits per heavy atom. The number of halogens is 1. The summed E-state index contributed by atoms with van der Waals surface area (Å²) in [5.41, 5.74) is 0.584. The lowest BCUT2D eigenvalue weighted by Crippen LogP contribution is -2.40. The van der Waals surface area contributed by atoms with Crippen LogP contribution in [0.25, 0.3) is 0 Å². The Morgan fingerprint density at radius 3 is 2.54 bits per heavy atom. The zero-order valence-corrected chi connectivity index (χ0v) is 16.9. The van der Waals surface area contributed by atoms with Gasteiger partial charge in [0.1, 0.15) is 5.82 Å². The summed E-state index contributed by atoms with van der Waals surface area (Å²) in [7, 11) is 1.43. The Hall–Kier alpha value is -2.05. The van der Waals surface area contributed by atoms with Gasteiger partial charge in [0.15, 0.2) is 5.78 Å². The second-order valence-electron chi connectivity index (χ2n) is 7.38. The van der Waals surface area contributed by atoms with Crippen LogP contribution < -0.4 is 0 Å². The molecule has 1 atom stereocenters. The third-order valence-electron chi connectivity index (χ3n) is 5.36. The van der Waals surface area contributed by atoms with E-state index in [0.29, 0.717) is 12.0 Å². The summed E-state index contributed by atoms with van der Waals surface area (Å²) in [6.45, 7) is 2.49. The number of nitrogens with zero attached hydrogens (tertiary/aromatic N) is 1. The number of hydrogen-bond acceptors (Lipinski definition) is 5. The van der Waals surface area contributed by atoms with Crippen molar-refractivity contribution in [2.24, 2.45) is 11.8 Å². The van der Waals surface area contributed by atoms with Crippen LogP contribution in [-0.4, -0.2) is 43.4 Å². The number of rotatable bonds is 8. The average Bonchev–Trinajstić information content (AvgIpc) is 3.21. The second kappa shape index (κ2) is 9.94. The summed E-state index contributed by atoms with van der Waals surface area (Å²) < 4.78 is 17.9. The van der Waals surface area contributed by atoms with Crippen LogP contribution in [-0.2, 0) is 16.0 Å². The Kier molecular flexibility index (Phi) is 7.34. The second-order valence-corrected chi connectivity index (χ2v) is 8.41. The molecule has 1 aromatic carbocycles. The van der Waals surface area contributed by atoms with Gasteiger partial charge in [0, 0.05) is 29.3 Å². The number of ether oxygens (including phenoxy) is 1. The monoisotopic (exact) mass is 403 g/mol. The minimum Gasteiger partial charge on any atom is -0.469 e. The molecule has 0 radical (unpaired) electrons. The molecule has 1 unspecified atom stereocenters. The maximum absolute atomic E-state index is 13.1. The van der Waals surface area contributed by atoms with Crippen molar-refractivity contribution < 1.29 is 18.7 Å². The summed E-state index contributed by atoms with van der Waals surface area (Å²) >= 11 is 1.71. The summed E-state index contributed by atoms with van der Waals surface area (Å²) in [5.74, 6) is -0.213. The van der Waals surface area contributed by atoms with Gasteiger partial charge in [-0.25, -0.2) is 4.39 Å². The molecule has 0 saturated carbocycles. The summed E-state index contributed by atoms with van der Waals surface area (Å²) in [4.78, 5) is 28.1. The number of likely N-dealkylation sites (tertiary alicyclic amines) is 1. The summed E-state index contributed by atoms with van der Waals surface area (Å²) in [5, 5.41) is 2.05. The number of methoxy groups -OCH3 is 1. The SMILES string of the molecule is COC(=O)CC(Cc1cccs1)CN1CCC(C(=O)c2ccc(F)cc2)CC1. The molecular formula is C22H26FNO3S. The van der Waals surface area contributed by atoms with E-state index in [0.717, 1.165) is 38.9 Å². The average molecular weight is 404 g/mol. The fraction of sp³-hybridized carbons (Fsp3) is 0.455. The van der Waals surface area contributed by atoms with Crippen molar-refractivity contribution in [3.63, 3.8) is 0 Å². The van der Waals surface area contributed by atoms with Gasteiger partial charge < -0.3 is 9.64 Å². The van der Waals surface area contributed by atoms with Crippen LogP contribution in [0.2, 0.25) is 0 Å². The minimum atomic E-state index is -0.325. The van der Waals surface area contributed by atoms with Gasteiger partial charge >= 0.3 is 5.97 Å². The molecule has 1 saturated heterocycles. The van der Waals surface area contributed by atoms with Crippen LogP contribution >= 0.6 is 11.3 Å². The van der Waals surface area contributed by atoms with E-state index in [1.807, 2.05) is 6.07 Å². The fourth-order valence-corrected chi connectivity index (χ4v) is 4.65. The van der Waals surface area contributed by atoms with E-state index in [1.165, 1.54) is 24.1 Å². The first-order valence-corrected chi connectivity index (χ1v) is 10.5. The van der Waals surface area contributed by atoms with Crippen LogP contribution in [0.15, 0.2) is 41.8 Å². The van der Waals surface area contributed by atoms with Gasteiger partial charge in [-0.15, -0.1) is 11.3 Å². The van der Waals surface area contributed by atoms with Crippen molar-refractivity contribution in [2.75, 3.05) is 26.7 Å². The minimum absolute atomic E-state index is 0.0157. The predicted molar refractivity (Wildman–Crippen MR) is 108 cm³/mol. The Balaban J connectivity index is 1.54. The lowest BCUT2D eigenvalue weighted by atomic mass is 9.88. The highest BCUT2D eigenvalue weighted by Gasteiger charge is 2.27. The van der Waals surface area contributed by atoms with Crippen LogP contribution in [0.1, 0.15) is 34.5 Å². The van der Waals surface area contributed by atoms with Crippen LogP contribution in [0, 0.1) is 17.7 Å². The molecular weight excluding hydrogens is 377 g/mol. The highest BCUT2D eigenvalue weighted by atomic mass is 32.1. The largest absolute Gasteiger partial charge is 0.469 e. The van der Waals surface area contributed by atoms with E-state index in [2.05, 4.69) is 16.3 Å². The Morgan fingerprint density at radius 1 is 1.21 bits per heavy atom. The Bertz CT molecular complexity index is 768. The lowest BCUT2D eigenvalue weighted by molar-refractivity contribution is -0.141. The van der Waals surface area contributed by atoms with Crippen molar-refractivity contribution >= 4 is 23.1 Å². The molecule has 3 rings (SSSR count). The molecule has 1 aromatic heterocycles. The first-order chi connectivity index (χ1) is 13.5. The van der Waals surface area contributed by atoms with Gasteiger partial charge in [0.05, 0.1) is 7.11 Å². The number of hydrogen-bond donors (Lipinski definition) is 0. The van der Waals surface area contributed by atoms with Crippen LogP contribution in [0.5, 0.6) is 0 Å². The molecule has 150 valence electrons. The number of Topliss-reactive ketones (excluding diaryl/α,β-unsaturated/α-hetero) is 1. The van der Waals surface area contributed by atoms with E-state index in [1.54, 1.807) is 23.5 Å². The quantitative estimate of drug-likeness (QED) is 0.489. The van der Waals surface area contributed by atoms with E-state index in [-0.39, 0.29) is 29.4 Å². The highest BCUT2D eigenvalue weighted by molar-refractivity contribution is 7.09. The molecule has 0 aliphatic carbocycles. The van der Waals surface area contributed by atoms with Crippen LogP contribution in [0.3, 0.4) is 0 Å². The molecule has 0 N–H and O–H groups in total. The maximum Gasteiger partial charge on any atom is 0.305 e. The van der Waals surface area contributed by atoms with Gasteiger partial charge in [-0.1, -0.05) is 6.07 Å². The molecule has 1 aliphatic heterocycles. The topological polar surface area (TPSA) is 46.6 Å². The molecule has 0 spiro atoms. The van der Waals surface area contributed by atoms with Gasteiger partial charge in [-0.3, -0.25) is 9.59 Å². The van der Waals surface area contributed by atoms with E-state index < -0.39 is 0 Å².